The summed E-state index contributed by atoms with van der Waals surface area (Å²) in [6.45, 7) is 2.23. The Hall–Kier alpha value is -1.75. The van der Waals surface area contributed by atoms with Crippen molar-refractivity contribution in [2.24, 2.45) is 0 Å². The molecule has 0 spiro atoms. The molecule has 1 atom stereocenters. The Morgan fingerprint density at radius 3 is 2.76 bits per heavy atom. The van der Waals surface area contributed by atoms with Crippen molar-refractivity contribution in [3.8, 4) is 11.5 Å². The van der Waals surface area contributed by atoms with Crippen molar-refractivity contribution in [3.63, 3.8) is 0 Å². The maximum absolute atomic E-state index is 10.8. The Kier molecular flexibility index (Phi) is 4.78. The topological polar surface area (TPSA) is 78.8 Å². The van der Waals surface area contributed by atoms with Crippen molar-refractivity contribution in [1.82, 2.24) is 5.32 Å². The predicted molar refractivity (Wildman–Crippen MR) is 63.2 cm³/mol. The zero-order valence-corrected chi connectivity index (χ0v) is 9.93. The molecule has 0 aliphatic carbocycles. The molecule has 1 aromatic carbocycles. The molecule has 3 N–H and O–H groups in total. The van der Waals surface area contributed by atoms with E-state index in [-0.39, 0.29) is 5.75 Å². The Bertz CT molecular complexity index is 392. The summed E-state index contributed by atoms with van der Waals surface area (Å²) in [5, 5.41) is 21.2. The van der Waals surface area contributed by atoms with Gasteiger partial charge in [0.2, 0.25) is 0 Å². The normalized spacial score (nSPS) is 12.1. The number of rotatable bonds is 6. The summed E-state index contributed by atoms with van der Waals surface area (Å²) in [5.74, 6) is -0.410. The average Bonchev–Trinajstić information content (AvgIpc) is 2.31. The van der Waals surface area contributed by atoms with Crippen LogP contribution in [0.5, 0.6) is 11.5 Å². The van der Waals surface area contributed by atoms with Gasteiger partial charge in [0.15, 0.2) is 11.5 Å². The monoisotopic (exact) mass is 239 g/mol. The third-order valence-electron chi connectivity index (χ3n) is 2.50. The quantitative estimate of drug-likeness (QED) is 0.698. The van der Waals surface area contributed by atoms with Crippen LogP contribution in [0.15, 0.2) is 18.2 Å². The third kappa shape index (κ3) is 3.64. The first-order valence-corrected chi connectivity index (χ1v) is 5.40. The average molecular weight is 239 g/mol. The van der Waals surface area contributed by atoms with Crippen LogP contribution in [-0.2, 0) is 11.3 Å². The Balaban J connectivity index is 2.66. The molecule has 0 saturated heterocycles. The molecule has 5 nitrogen and oxygen atoms in total. The molecule has 0 amide bonds. The summed E-state index contributed by atoms with van der Waals surface area (Å²) >= 11 is 0. The highest BCUT2D eigenvalue weighted by molar-refractivity contribution is 5.73. The Labute approximate surface area is 100 Å². The first kappa shape index (κ1) is 13.3. The van der Waals surface area contributed by atoms with Gasteiger partial charge >= 0.3 is 5.97 Å². The molecule has 0 aliphatic rings. The minimum Gasteiger partial charge on any atom is -0.504 e. The van der Waals surface area contributed by atoms with E-state index in [1.807, 2.05) is 6.92 Å². The van der Waals surface area contributed by atoms with Gasteiger partial charge in [0.1, 0.15) is 6.04 Å². The molecule has 1 aromatic rings. The van der Waals surface area contributed by atoms with Crippen molar-refractivity contribution in [2.75, 3.05) is 7.11 Å². The molecule has 17 heavy (non-hydrogen) atoms. The molecule has 0 fully saturated rings. The van der Waals surface area contributed by atoms with Crippen molar-refractivity contribution in [3.05, 3.63) is 23.8 Å². The van der Waals surface area contributed by atoms with E-state index in [1.54, 1.807) is 12.1 Å². The molecule has 0 heterocycles. The number of nitrogens with one attached hydrogen (secondary N) is 1. The van der Waals surface area contributed by atoms with E-state index in [0.717, 1.165) is 5.56 Å². The van der Waals surface area contributed by atoms with Gasteiger partial charge in [-0.15, -0.1) is 0 Å². The maximum Gasteiger partial charge on any atom is 0.320 e. The molecular weight excluding hydrogens is 222 g/mol. The van der Waals surface area contributed by atoms with Crippen molar-refractivity contribution in [2.45, 2.75) is 25.9 Å². The lowest BCUT2D eigenvalue weighted by Gasteiger charge is -2.13. The van der Waals surface area contributed by atoms with Gasteiger partial charge < -0.3 is 20.3 Å². The molecule has 0 bridgehead atoms. The number of aliphatic carboxylic acids is 1. The molecule has 5 heteroatoms. The molecule has 0 saturated carbocycles. The Morgan fingerprint density at radius 1 is 1.53 bits per heavy atom. The second-order valence-electron chi connectivity index (χ2n) is 3.69. The second-order valence-corrected chi connectivity index (χ2v) is 3.69. The second kappa shape index (κ2) is 6.10. The van der Waals surface area contributed by atoms with Crippen LogP contribution in [0.2, 0.25) is 0 Å². The number of phenols is 1. The predicted octanol–water partition coefficient (Wildman–Crippen LogP) is 1.35. The highest BCUT2D eigenvalue weighted by Gasteiger charge is 2.13. The highest BCUT2D eigenvalue weighted by atomic mass is 16.5. The summed E-state index contributed by atoms with van der Waals surface area (Å²) in [7, 11) is 1.47. The van der Waals surface area contributed by atoms with Crippen molar-refractivity contribution >= 4 is 5.97 Å². The van der Waals surface area contributed by atoms with E-state index >= 15 is 0 Å². The minimum absolute atomic E-state index is 0.0709. The fraction of sp³-hybridized carbons (Fsp3) is 0.417. The van der Waals surface area contributed by atoms with E-state index in [1.165, 1.54) is 13.2 Å². The number of carbonyl (C=O) groups is 1. The van der Waals surface area contributed by atoms with Gasteiger partial charge in [-0.3, -0.25) is 4.79 Å². The van der Waals surface area contributed by atoms with Crippen LogP contribution in [0.25, 0.3) is 0 Å². The van der Waals surface area contributed by atoms with E-state index in [4.69, 9.17) is 9.84 Å². The number of ether oxygens (including phenoxy) is 1. The van der Waals surface area contributed by atoms with Gasteiger partial charge in [-0.1, -0.05) is 13.0 Å². The van der Waals surface area contributed by atoms with Crippen LogP contribution in [-0.4, -0.2) is 29.3 Å². The number of hydrogen-bond acceptors (Lipinski definition) is 4. The summed E-state index contributed by atoms with van der Waals surface area (Å²) < 4.78 is 4.97. The number of methoxy groups -OCH3 is 1. The first-order chi connectivity index (χ1) is 8.08. The molecule has 0 aromatic heterocycles. The zero-order valence-electron chi connectivity index (χ0n) is 9.93. The van der Waals surface area contributed by atoms with E-state index in [0.29, 0.717) is 18.7 Å². The number of phenolic OH excluding ortho intramolecular Hbond substituents is 1. The zero-order chi connectivity index (χ0) is 12.8. The number of carboxylic acids is 1. The summed E-state index contributed by atoms with van der Waals surface area (Å²) in [6.07, 6.45) is 0.518. The highest BCUT2D eigenvalue weighted by Crippen LogP contribution is 2.26. The number of carboxylic acid groups (broad SMARTS) is 1. The fourth-order valence-electron chi connectivity index (χ4n) is 1.48. The standard InChI is InChI=1S/C12H17NO4/c1-3-9(12(15)16)13-7-8-4-5-10(14)11(6-8)17-2/h4-6,9,13-14H,3,7H2,1-2H3,(H,15,16). The largest absolute Gasteiger partial charge is 0.504 e. The Morgan fingerprint density at radius 2 is 2.24 bits per heavy atom. The summed E-state index contributed by atoms with van der Waals surface area (Å²) in [6, 6.07) is 4.36. The van der Waals surface area contributed by atoms with Crippen molar-refractivity contribution < 1.29 is 19.7 Å². The van der Waals surface area contributed by atoms with Gasteiger partial charge in [0.25, 0.3) is 0 Å². The SMILES string of the molecule is CCC(NCc1ccc(O)c(OC)c1)C(=O)O. The summed E-state index contributed by atoms with van der Waals surface area (Å²) in [4.78, 5) is 10.8. The minimum atomic E-state index is -0.863. The molecule has 94 valence electrons. The first-order valence-electron chi connectivity index (χ1n) is 5.40. The molecule has 1 rings (SSSR count). The van der Waals surface area contributed by atoms with Gasteiger partial charge in [-0.05, 0) is 24.1 Å². The lowest BCUT2D eigenvalue weighted by molar-refractivity contribution is -0.139. The van der Waals surface area contributed by atoms with E-state index in [2.05, 4.69) is 5.32 Å². The van der Waals surface area contributed by atoms with Gasteiger partial charge in [0, 0.05) is 6.54 Å². The lowest BCUT2D eigenvalue weighted by Crippen LogP contribution is -2.35. The number of hydrogen-bond donors (Lipinski definition) is 3. The van der Waals surface area contributed by atoms with E-state index < -0.39 is 12.0 Å². The number of benzene rings is 1. The maximum atomic E-state index is 10.8. The van der Waals surface area contributed by atoms with Gasteiger partial charge in [0.05, 0.1) is 7.11 Å². The smallest absolute Gasteiger partial charge is 0.320 e. The van der Waals surface area contributed by atoms with Crippen LogP contribution in [0, 0.1) is 0 Å². The van der Waals surface area contributed by atoms with Crippen LogP contribution in [0.3, 0.4) is 0 Å². The lowest BCUT2D eigenvalue weighted by atomic mass is 10.1. The van der Waals surface area contributed by atoms with Gasteiger partial charge in [-0.25, -0.2) is 0 Å². The van der Waals surface area contributed by atoms with Crippen LogP contribution in [0.4, 0.5) is 0 Å². The summed E-state index contributed by atoms with van der Waals surface area (Å²) in [5.41, 5.74) is 0.861. The van der Waals surface area contributed by atoms with E-state index in [9.17, 15) is 9.90 Å². The molecule has 1 unspecified atom stereocenters. The van der Waals surface area contributed by atoms with Crippen molar-refractivity contribution in [1.29, 1.82) is 0 Å². The van der Waals surface area contributed by atoms with Crippen LogP contribution >= 0.6 is 0 Å². The molecular formula is C12H17NO4. The van der Waals surface area contributed by atoms with Gasteiger partial charge in [-0.2, -0.15) is 0 Å². The molecule has 0 radical (unpaired) electrons. The van der Waals surface area contributed by atoms with Crippen LogP contribution < -0.4 is 10.1 Å². The molecule has 0 aliphatic heterocycles. The number of aromatic hydroxyl groups is 1. The third-order valence-corrected chi connectivity index (χ3v) is 2.50. The van der Waals surface area contributed by atoms with Crippen LogP contribution in [0.1, 0.15) is 18.9 Å². The fourth-order valence-corrected chi connectivity index (χ4v) is 1.48.